The van der Waals surface area contributed by atoms with Gasteiger partial charge in [-0.1, -0.05) is 18.2 Å². The molecule has 16 heavy (non-hydrogen) atoms. The van der Waals surface area contributed by atoms with E-state index in [1.165, 1.54) is 0 Å². The van der Waals surface area contributed by atoms with Gasteiger partial charge in [-0.05, 0) is 25.1 Å². The van der Waals surface area contributed by atoms with Gasteiger partial charge in [0, 0.05) is 30.2 Å². The largest absolute Gasteiger partial charge is 0.355 e. The summed E-state index contributed by atoms with van der Waals surface area (Å²) in [5.74, 6) is 0. The number of pyridine rings is 1. The third kappa shape index (κ3) is 2.14. The van der Waals surface area contributed by atoms with Gasteiger partial charge in [-0.25, -0.2) is 0 Å². The molecule has 0 radical (unpaired) electrons. The lowest BCUT2D eigenvalue weighted by atomic mass is 10.2. The highest BCUT2D eigenvalue weighted by Gasteiger charge is 1.99. The van der Waals surface area contributed by atoms with Crippen molar-refractivity contribution < 1.29 is 0 Å². The molecule has 2 rings (SSSR count). The highest BCUT2D eigenvalue weighted by molar-refractivity contribution is 5.59. The smallest absolute Gasteiger partial charge is 0.252 e. The van der Waals surface area contributed by atoms with E-state index in [1.54, 1.807) is 17.7 Å². The van der Waals surface area contributed by atoms with Crippen molar-refractivity contribution in [2.45, 2.75) is 6.92 Å². The highest BCUT2D eigenvalue weighted by atomic mass is 16.1. The van der Waals surface area contributed by atoms with Crippen molar-refractivity contribution in [2.75, 3.05) is 5.32 Å². The minimum absolute atomic E-state index is 0.00145. The Kier molecular flexibility index (Phi) is 2.77. The van der Waals surface area contributed by atoms with E-state index >= 15 is 0 Å². The quantitative estimate of drug-likeness (QED) is 0.833. The molecule has 1 aromatic heterocycles. The minimum Gasteiger partial charge on any atom is -0.355 e. The van der Waals surface area contributed by atoms with Crippen LogP contribution in [0.25, 0.3) is 0 Å². The van der Waals surface area contributed by atoms with Gasteiger partial charge in [-0.15, -0.1) is 0 Å². The number of hydrogen-bond acceptors (Lipinski definition) is 2. The Morgan fingerprint density at radius 2 is 1.75 bits per heavy atom. The predicted octanol–water partition coefficient (Wildman–Crippen LogP) is 2.44. The number of aromatic nitrogens is 1. The summed E-state index contributed by atoms with van der Waals surface area (Å²) in [5, 5.41) is 3.20. The topological polar surface area (TPSA) is 34.0 Å². The van der Waals surface area contributed by atoms with E-state index in [9.17, 15) is 4.79 Å². The molecule has 2 aromatic rings. The van der Waals surface area contributed by atoms with Gasteiger partial charge < -0.3 is 9.88 Å². The summed E-state index contributed by atoms with van der Waals surface area (Å²) >= 11 is 0. The molecule has 0 atom stereocenters. The molecule has 1 heterocycles. The summed E-state index contributed by atoms with van der Waals surface area (Å²) in [5.41, 5.74) is 2.74. The zero-order valence-electron chi connectivity index (χ0n) is 9.40. The fourth-order valence-electron chi connectivity index (χ4n) is 1.53. The van der Waals surface area contributed by atoms with Crippen LogP contribution < -0.4 is 10.9 Å². The van der Waals surface area contributed by atoms with Crippen molar-refractivity contribution in [3.63, 3.8) is 0 Å². The molecular formula is C13H14N2O. The van der Waals surface area contributed by atoms with Gasteiger partial charge in [-0.3, -0.25) is 4.79 Å². The average Bonchev–Trinajstić information content (AvgIpc) is 2.27. The van der Waals surface area contributed by atoms with Crippen LogP contribution in [0.4, 0.5) is 11.4 Å². The van der Waals surface area contributed by atoms with E-state index in [-0.39, 0.29) is 5.56 Å². The standard InChI is InChI=1S/C13H14N2O/c1-10-8-12(9-13(16)15(10)2)14-11-6-4-3-5-7-11/h3-9,14H,1-2H3. The van der Waals surface area contributed by atoms with Crippen LogP contribution in [-0.2, 0) is 7.05 Å². The number of para-hydroxylation sites is 1. The Morgan fingerprint density at radius 3 is 2.38 bits per heavy atom. The van der Waals surface area contributed by atoms with Crippen molar-refractivity contribution in [3.05, 3.63) is 58.5 Å². The van der Waals surface area contributed by atoms with Gasteiger partial charge in [0.1, 0.15) is 0 Å². The molecule has 0 aliphatic heterocycles. The van der Waals surface area contributed by atoms with Crippen LogP contribution in [0.5, 0.6) is 0 Å². The van der Waals surface area contributed by atoms with E-state index in [2.05, 4.69) is 5.32 Å². The van der Waals surface area contributed by atoms with E-state index in [4.69, 9.17) is 0 Å². The second-order valence-electron chi connectivity index (χ2n) is 3.77. The normalized spacial score (nSPS) is 10.1. The zero-order chi connectivity index (χ0) is 11.5. The van der Waals surface area contributed by atoms with Crippen LogP contribution in [-0.4, -0.2) is 4.57 Å². The maximum absolute atomic E-state index is 11.6. The van der Waals surface area contributed by atoms with Crippen LogP contribution in [0.3, 0.4) is 0 Å². The van der Waals surface area contributed by atoms with E-state index in [0.29, 0.717) is 0 Å². The number of nitrogens with one attached hydrogen (secondary N) is 1. The van der Waals surface area contributed by atoms with Crippen LogP contribution in [0.2, 0.25) is 0 Å². The first kappa shape index (κ1) is 10.5. The SMILES string of the molecule is Cc1cc(Nc2ccccc2)cc(=O)n1C. The number of hydrogen-bond donors (Lipinski definition) is 1. The molecule has 1 aromatic carbocycles. The minimum atomic E-state index is -0.00145. The predicted molar refractivity (Wildman–Crippen MR) is 66.1 cm³/mol. The molecule has 0 amide bonds. The van der Waals surface area contributed by atoms with Gasteiger partial charge in [0.05, 0.1) is 0 Å². The van der Waals surface area contributed by atoms with Crippen molar-refractivity contribution in [2.24, 2.45) is 7.05 Å². The van der Waals surface area contributed by atoms with Gasteiger partial charge in [0.2, 0.25) is 0 Å². The Bertz CT molecular complexity index is 544. The molecule has 0 fully saturated rings. The molecule has 0 aliphatic carbocycles. The number of aryl methyl sites for hydroxylation is 1. The Labute approximate surface area is 94.4 Å². The molecule has 1 N–H and O–H groups in total. The maximum atomic E-state index is 11.6. The molecule has 0 spiro atoms. The van der Waals surface area contributed by atoms with Gasteiger partial charge in [0.25, 0.3) is 5.56 Å². The van der Waals surface area contributed by atoms with Crippen molar-refractivity contribution in [1.29, 1.82) is 0 Å². The second-order valence-corrected chi connectivity index (χ2v) is 3.77. The third-order valence-electron chi connectivity index (χ3n) is 2.57. The fourth-order valence-corrected chi connectivity index (χ4v) is 1.53. The van der Waals surface area contributed by atoms with Gasteiger partial charge in [-0.2, -0.15) is 0 Å². The summed E-state index contributed by atoms with van der Waals surface area (Å²) in [4.78, 5) is 11.6. The maximum Gasteiger partial charge on any atom is 0.252 e. The van der Waals surface area contributed by atoms with E-state index in [1.807, 2.05) is 43.3 Å². The number of anilines is 2. The molecule has 82 valence electrons. The molecule has 0 saturated heterocycles. The van der Waals surface area contributed by atoms with Gasteiger partial charge in [0.15, 0.2) is 0 Å². The Hall–Kier alpha value is -2.03. The molecule has 0 saturated carbocycles. The molecule has 0 unspecified atom stereocenters. The highest BCUT2D eigenvalue weighted by Crippen LogP contribution is 2.14. The molecule has 0 aliphatic rings. The zero-order valence-corrected chi connectivity index (χ0v) is 9.40. The van der Waals surface area contributed by atoms with E-state index in [0.717, 1.165) is 17.1 Å². The summed E-state index contributed by atoms with van der Waals surface area (Å²) in [6.07, 6.45) is 0. The average molecular weight is 214 g/mol. The lowest BCUT2D eigenvalue weighted by molar-refractivity contribution is 0.820. The fraction of sp³-hybridized carbons (Fsp3) is 0.154. The van der Waals surface area contributed by atoms with Crippen molar-refractivity contribution in [3.8, 4) is 0 Å². The second kappa shape index (κ2) is 4.23. The lowest BCUT2D eigenvalue weighted by Crippen LogP contribution is -2.18. The Balaban J connectivity index is 2.33. The summed E-state index contributed by atoms with van der Waals surface area (Å²) in [7, 11) is 1.77. The molecule has 0 bridgehead atoms. The van der Waals surface area contributed by atoms with E-state index < -0.39 is 0 Å². The van der Waals surface area contributed by atoms with Crippen LogP contribution in [0, 0.1) is 6.92 Å². The van der Waals surface area contributed by atoms with Crippen LogP contribution in [0.1, 0.15) is 5.69 Å². The molecule has 3 heteroatoms. The third-order valence-corrected chi connectivity index (χ3v) is 2.57. The van der Waals surface area contributed by atoms with Crippen LogP contribution >= 0.6 is 0 Å². The first-order valence-corrected chi connectivity index (χ1v) is 5.16. The van der Waals surface area contributed by atoms with Crippen LogP contribution in [0.15, 0.2) is 47.3 Å². The Morgan fingerprint density at radius 1 is 1.06 bits per heavy atom. The molecule has 3 nitrogen and oxygen atoms in total. The summed E-state index contributed by atoms with van der Waals surface area (Å²) < 4.78 is 1.62. The summed E-state index contributed by atoms with van der Waals surface area (Å²) in [6.45, 7) is 1.91. The molecular weight excluding hydrogens is 200 g/mol. The van der Waals surface area contributed by atoms with Gasteiger partial charge >= 0.3 is 0 Å². The monoisotopic (exact) mass is 214 g/mol. The number of benzene rings is 1. The first-order chi connectivity index (χ1) is 7.66. The van der Waals surface area contributed by atoms with Crippen molar-refractivity contribution >= 4 is 11.4 Å². The lowest BCUT2D eigenvalue weighted by Gasteiger charge is -2.09. The number of rotatable bonds is 2. The number of nitrogens with zero attached hydrogens (tertiary/aromatic N) is 1. The van der Waals surface area contributed by atoms with Crippen molar-refractivity contribution in [1.82, 2.24) is 4.57 Å². The summed E-state index contributed by atoms with van der Waals surface area (Å²) in [6, 6.07) is 13.3. The first-order valence-electron chi connectivity index (χ1n) is 5.16.